The maximum Gasteiger partial charge on any atom is 0.243 e. The van der Waals surface area contributed by atoms with Gasteiger partial charge in [-0.3, -0.25) is 4.79 Å². The first-order valence-electron chi connectivity index (χ1n) is 10.3. The molecule has 2 aromatic carbocycles. The number of piperazine rings is 1. The van der Waals surface area contributed by atoms with Crippen LogP contribution in [0.5, 0.6) is 5.75 Å². The van der Waals surface area contributed by atoms with E-state index in [1.807, 2.05) is 30.3 Å². The topological polar surface area (TPSA) is 79.0 Å². The van der Waals surface area contributed by atoms with E-state index in [0.717, 1.165) is 25.4 Å². The second-order valence-electron chi connectivity index (χ2n) is 7.18. The van der Waals surface area contributed by atoms with E-state index in [0.29, 0.717) is 38.2 Å². The van der Waals surface area contributed by atoms with Gasteiger partial charge in [-0.15, -0.1) is 0 Å². The Hall–Kier alpha value is -2.42. The predicted octanol–water partition coefficient (Wildman–Crippen LogP) is 2.81. The van der Waals surface area contributed by atoms with Crippen molar-refractivity contribution in [1.82, 2.24) is 9.21 Å². The zero-order valence-electron chi connectivity index (χ0n) is 17.3. The summed E-state index contributed by atoms with van der Waals surface area (Å²) in [5.74, 6) is 0.605. The third-order valence-electron chi connectivity index (χ3n) is 5.09. The number of hydrogen-bond acceptors (Lipinski definition) is 5. The Kier molecular flexibility index (Phi) is 7.84. The number of sulfonamides is 1. The monoisotopic (exact) mass is 431 g/mol. The minimum Gasteiger partial charge on any atom is -0.494 e. The summed E-state index contributed by atoms with van der Waals surface area (Å²) < 4.78 is 33.0. The van der Waals surface area contributed by atoms with E-state index in [1.165, 1.54) is 10.4 Å². The van der Waals surface area contributed by atoms with Crippen LogP contribution < -0.4 is 10.1 Å². The molecule has 3 rings (SSSR count). The molecule has 162 valence electrons. The number of nitrogens with zero attached hydrogens (tertiary/aromatic N) is 2. The normalized spacial score (nSPS) is 15.6. The van der Waals surface area contributed by atoms with Crippen LogP contribution in [-0.4, -0.2) is 62.9 Å². The lowest BCUT2D eigenvalue weighted by atomic mass is 10.2. The van der Waals surface area contributed by atoms with Gasteiger partial charge in [-0.05, 0) is 43.3 Å². The van der Waals surface area contributed by atoms with E-state index in [-0.39, 0.29) is 10.8 Å². The van der Waals surface area contributed by atoms with Crippen molar-refractivity contribution in [1.29, 1.82) is 0 Å². The molecule has 1 amide bonds. The first-order valence-corrected chi connectivity index (χ1v) is 11.7. The van der Waals surface area contributed by atoms with Gasteiger partial charge < -0.3 is 15.0 Å². The molecular weight excluding hydrogens is 402 g/mol. The van der Waals surface area contributed by atoms with Crippen LogP contribution in [0.2, 0.25) is 0 Å². The highest BCUT2D eigenvalue weighted by Crippen LogP contribution is 2.21. The van der Waals surface area contributed by atoms with Gasteiger partial charge in [0.15, 0.2) is 0 Å². The highest BCUT2D eigenvalue weighted by atomic mass is 32.2. The van der Waals surface area contributed by atoms with Crippen LogP contribution in [0.15, 0.2) is 59.5 Å². The first kappa shape index (κ1) is 22.3. The molecule has 0 spiro atoms. The molecule has 8 heteroatoms. The van der Waals surface area contributed by atoms with Crippen molar-refractivity contribution in [3.05, 3.63) is 54.6 Å². The van der Waals surface area contributed by atoms with Crippen molar-refractivity contribution < 1.29 is 17.9 Å². The highest BCUT2D eigenvalue weighted by Gasteiger charge is 2.28. The van der Waals surface area contributed by atoms with Gasteiger partial charge in [0.1, 0.15) is 5.75 Å². The average molecular weight is 432 g/mol. The number of amides is 1. The van der Waals surface area contributed by atoms with E-state index in [9.17, 15) is 13.2 Å². The van der Waals surface area contributed by atoms with Crippen LogP contribution >= 0.6 is 0 Å². The molecule has 0 radical (unpaired) electrons. The van der Waals surface area contributed by atoms with Crippen molar-refractivity contribution in [2.24, 2.45) is 0 Å². The van der Waals surface area contributed by atoms with Gasteiger partial charge in [-0.1, -0.05) is 31.2 Å². The molecule has 2 aromatic rings. The summed E-state index contributed by atoms with van der Waals surface area (Å²) in [6.07, 6.45) is 0.864. The Morgan fingerprint density at radius 3 is 2.47 bits per heavy atom. The first-order chi connectivity index (χ1) is 14.5. The molecule has 1 fully saturated rings. The maximum atomic E-state index is 12.9. The second-order valence-corrected chi connectivity index (χ2v) is 9.12. The Balaban J connectivity index is 1.51. The summed E-state index contributed by atoms with van der Waals surface area (Å²) in [4.78, 5) is 14.7. The molecule has 0 saturated carbocycles. The zero-order valence-corrected chi connectivity index (χ0v) is 18.1. The summed E-state index contributed by atoms with van der Waals surface area (Å²) in [5, 5.41) is 2.79. The standard InChI is InChI=1S/C22H29N3O4S/c1-2-24-13-15-25(16-14-24)30(27,28)21-11-6-8-19(18-21)23-22(26)12-7-17-29-20-9-4-3-5-10-20/h3-6,8-11,18H,2,7,12-17H2,1H3,(H,23,26). The predicted molar refractivity (Wildman–Crippen MR) is 117 cm³/mol. The summed E-state index contributed by atoms with van der Waals surface area (Å²) >= 11 is 0. The molecule has 1 saturated heterocycles. The summed E-state index contributed by atoms with van der Waals surface area (Å²) in [6.45, 7) is 5.86. The molecule has 1 N–H and O–H groups in total. The molecule has 0 aliphatic carbocycles. The lowest BCUT2D eigenvalue weighted by Gasteiger charge is -2.33. The number of benzene rings is 2. The van der Waals surface area contributed by atoms with Crippen LogP contribution in [0.4, 0.5) is 5.69 Å². The van der Waals surface area contributed by atoms with Crippen molar-refractivity contribution in [2.75, 3.05) is 44.6 Å². The van der Waals surface area contributed by atoms with Crippen molar-refractivity contribution in [2.45, 2.75) is 24.7 Å². The minimum absolute atomic E-state index is 0.169. The second kappa shape index (κ2) is 10.6. The van der Waals surface area contributed by atoms with Gasteiger partial charge in [-0.25, -0.2) is 8.42 Å². The van der Waals surface area contributed by atoms with Gasteiger partial charge in [0.05, 0.1) is 11.5 Å². The third kappa shape index (κ3) is 6.04. The van der Waals surface area contributed by atoms with Crippen molar-refractivity contribution >= 4 is 21.6 Å². The number of hydrogen-bond donors (Lipinski definition) is 1. The molecule has 7 nitrogen and oxygen atoms in total. The SMILES string of the molecule is CCN1CCN(S(=O)(=O)c2cccc(NC(=O)CCCOc3ccccc3)c2)CC1. The van der Waals surface area contributed by atoms with E-state index in [2.05, 4.69) is 17.1 Å². The molecule has 0 atom stereocenters. The van der Waals surface area contributed by atoms with Gasteiger partial charge in [0, 0.05) is 38.3 Å². The largest absolute Gasteiger partial charge is 0.494 e. The minimum atomic E-state index is -3.57. The number of carbonyl (C=O) groups excluding carboxylic acids is 1. The summed E-state index contributed by atoms with van der Waals surface area (Å²) in [5.41, 5.74) is 0.484. The van der Waals surface area contributed by atoms with Crippen LogP contribution in [0, 0.1) is 0 Å². The smallest absolute Gasteiger partial charge is 0.243 e. The lowest BCUT2D eigenvalue weighted by Crippen LogP contribution is -2.48. The average Bonchev–Trinajstić information content (AvgIpc) is 2.77. The fourth-order valence-corrected chi connectivity index (χ4v) is 4.80. The van der Waals surface area contributed by atoms with Crippen LogP contribution in [-0.2, 0) is 14.8 Å². The number of para-hydroxylation sites is 1. The third-order valence-corrected chi connectivity index (χ3v) is 6.99. The molecule has 1 aliphatic rings. The molecule has 0 bridgehead atoms. The van der Waals surface area contributed by atoms with E-state index in [4.69, 9.17) is 4.74 Å². The van der Waals surface area contributed by atoms with Crippen LogP contribution in [0.3, 0.4) is 0 Å². The summed E-state index contributed by atoms with van der Waals surface area (Å²) in [7, 11) is -3.57. The van der Waals surface area contributed by atoms with E-state index < -0.39 is 10.0 Å². The van der Waals surface area contributed by atoms with Crippen LogP contribution in [0.1, 0.15) is 19.8 Å². The van der Waals surface area contributed by atoms with E-state index in [1.54, 1.807) is 18.2 Å². The van der Waals surface area contributed by atoms with Gasteiger partial charge >= 0.3 is 0 Å². The van der Waals surface area contributed by atoms with Crippen LogP contribution in [0.25, 0.3) is 0 Å². The molecule has 0 aromatic heterocycles. The fourth-order valence-electron chi connectivity index (χ4n) is 3.33. The number of nitrogens with one attached hydrogen (secondary N) is 1. The Morgan fingerprint density at radius 2 is 1.77 bits per heavy atom. The highest BCUT2D eigenvalue weighted by molar-refractivity contribution is 7.89. The Morgan fingerprint density at radius 1 is 1.03 bits per heavy atom. The van der Waals surface area contributed by atoms with Crippen molar-refractivity contribution in [3.63, 3.8) is 0 Å². The molecule has 0 unspecified atom stereocenters. The van der Waals surface area contributed by atoms with Gasteiger partial charge in [0.2, 0.25) is 15.9 Å². The molecule has 1 aliphatic heterocycles. The maximum absolute atomic E-state index is 12.9. The van der Waals surface area contributed by atoms with Crippen molar-refractivity contribution in [3.8, 4) is 5.75 Å². The van der Waals surface area contributed by atoms with Gasteiger partial charge in [0.25, 0.3) is 0 Å². The molecule has 1 heterocycles. The quantitative estimate of drug-likeness (QED) is 0.618. The van der Waals surface area contributed by atoms with E-state index >= 15 is 0 Å². The summed E-state index contributed by atoms with van der Waals surface area (Å²) in [6, 6.07) is 15.9. The number of likely N-dealkylation sites (N-methyl/N-ethyl adjacent to an activating group) is 1. The Labute approximate surface area is 178 Å². The van der Waals surface area contributed by atoms with Gasteiger partial charge in [-0.2, -0.15) is 4.31 Å². The number of rotatable bonds is 9. The number of anilines is 1. The molecular formula is C22H29N3O4S. The fraction of sp³-hybridized carbons (Fsp3) is 0.409. The number of carbonyl (C=O) groups is 1. The molecule has 30 heavy (non-hydrogen) atoms. The lowest BCUT2D eigenvalue weighted by molar-refractivity contribution is -0.116. The zero-order chi connectivity index (χ0) is 21.4. The Bertz CT molecular complexity index is 926. The number of ether oxygens (including phenoxy) is 1.